The Balaban J connectivity index is 1.98. The molecule has 2 amide bonds. The van der Waals surface area contributed by atoms with Crippen LogP contribution in [-0.4, -0.2) is 93.3 Å². The van der Waals surface area contributed by atoms with Crippen LogP contribution in [0.15, 0.2) is 53.4 Å². The molecule has 3 N–H and O–H groups in total. The molecule has 12 heteroatoms. The van der Waals surface area contributed by atoms with Gasteiger partial charge in [-0.25, -0.2) is 13.4 Å². The summed E-state index contributed by atoms with van der Waals surface area (Å²) in [5.41, 5.74) is 3.96. The molecule has 3 rings (SSSR count). The second kappa shape index (κ2) is 16.5. The fraction of sp³-hybridized carbons (Fsp3) is 0.576. The summed E-state index contributed by atoms with van der Waals surface area (Å²) in [7, 11) is -2.47. The van der Waals surface area contributed by atoms with Gasteiger partial charge in [0.15, 0.2) is 0 Å². The first-order valence-electron chi connectivity index (χ1n) is 15.5. The molecule has 0 spiro atoms. The van der Waals surface area contributed by atoms with Crippen LogP contribution in [0, 0.1) is 11.3 Å². The van der Waals surface area contributed by atoms with E-state index in [4.69, 9.17) is 9.47 Å². The molecule has 1 aliphatic rings. The number of hydrogen-bond acceptors (Lipinski definition) is 8. The fourth-order valence-electron chi connectivity index (χ4n) is 5.15. The number of aliphatic hydroxyl groups excluding tert-OH is 1. The van der Waals surface area contributed by atoms with E-state index < -0.39 is 33.5 Å². The number of benzene rings is 2. The number of rotatable bonds is 16. The van der Waals surface area contributed by atoms with Crippen LogP contribution in [0.3, 0.4) is 0 Å². The lowest BCUT2D eigenvalue weighted by molar-refractivity contribution is -0.149. The first-order valence-corrected chi connectivity index (χ1v) is 16.9. The van der Waals surface area contributed by atoms with Gasteiger partial charge >= 0.3 is 0 Å². The van der Waals surface area contributed by atoms with Crippen LogP contribution in [0.5, 0.6) is 5.75 Å². The van der Waals surface area contributed by atoms with Crippen LogP contribution < -0.4 is 15.5 Å². The van der Waals surface area contributed by atoms with Crippen LogP contribution in [0.2, 0.25) is 0 Å². The normalized spacial score (nSPS) is 14.6. The Labute approximate surface area is 268 Å². The molecular formula is C33H50N4O7S. The summed E-state index contributed by atoms with van der Waals surface area (Å²) in [5.74, 6) is -0.225. The summed E-state index contributed by atoms with van der Waals surface area (Å²) >= 11 is 0. The molecular weight excluding hydrogens is 596 g/mol. The maximum absolute atomic E-state index is 14.0. The highest BCUT2D eigenvalue weighted by Crippen LogP contribution is 2.30. The molecule has 0 aliphatic carbocycles. The Morgan fingerprint density at radius 1 is 1.09 bits per heavy atom. The lowest BCUT2D eigenvalue weighted by Gasteiger charge is -2.38. The second-order valence-corrected chi connectivity index (χ2v) is 15.1. The van der Waals surface area contributed by atoms with Crippen molar-refractivity contribution >= 4 is 21.8 Å². The van der Waals surface area contributed by atoms with Crippen molar-refractivity contribution in [3.05, 3.63) is 59.7 Å². The van der Waals surface area contributed by atoms with Gasteiger partial charge in [0.1, 0.15) is 5.75 Å². The third-order valence-corrected chi connectivity index (χ3v) is 9.11. The molecule has 2 aromatic rings. The highest BCUT2D eigenvalue weighted by molar-refractivity contribution is 7.89. The number of sulfonamides is 1. The van der Waals surface area contributed by atoms with Gasteiger partial charge in [-0.05, 0) is 47.1 Å². The number of carbonyl (C=O) groups excluding carboxylic acids is 2. The summed E-state index contributed by atoms with van der Waals surface area (Å²) in [6.45, 7) is 10.7. The fourth-order valence-corrected chi connectivity index (χ4v) is 6.83. The highest BCUT2D eigenvalue weighted by atomic mass is 32.2. The lowest BCUT2D eigenvalue weighted by atomic mass is 9.91. The van der Waals surface area contributed by atoms with Crippen LogP contribution in [0.25, 0.3) is 0 Å². The van der Waals surface area contributed by atoms with Crippen LogP contribution in [0.4, 0.5) is 0 Å². The Bertz CT molecular complexity index is 1360. The van der Waals surface area contributed by atoms with Gasteiger partial charge in [-0.1, -0.05) is 65.0 Å². The number of nitrogens with zero attached hydrogens (tertiary/aromatic N) is 2. The quantitative estimate of drug-likeness (QED) is 0.187. The number of hydrogen-bond donors (Lipinski definition) is 3. The van der Waals surface area contributed by atoms with Crippen LogP contribution in [-0.2, 0) is 37.2 Å². The van der Waals surface area contributed by atoms with E-state index in [2.05, 4.69) is 10.7 Å². The van der Waals surface area contributed by atoms with Gasteiger partial charge in [-0.3, -0.25) is 15.0 Å². The highest BCUT2D eigenvalue weighted by Gasteiger charge is 2.37. The Morgan fingerprint density at radius 3 is 2.44 bits per heavy atom. The average molecular weight is 647 g/mol. The van der Waals surface area contributed by atoms with Crippen molar-refractivity contribution < 1.29 is 32.6 Å². The van der Waals surface area contributed by atoms with E-state index in [-0.39, 0.29) is 49.2 Å². The summed E-state index contributed by atoms with van der Waals surface area (Å²) in [4.78, 5) is 27.0. The molecule has 0 aromatic heterocycles. The van der Waals surface area contributed by atoms with Crippen molar-refractivity contribution in [1.82, 2.24) is 20.1 Å². The molecule has 0 radical (unpaired) electrons. The maximum Gasteiger partial charge on any atom is 0.252 e. The standard InChI is InChI=1S/C33H50N4O7S/c1-24(2)22-36(45(41,42)27-12-13-30-26(19-27)14-16-44-30)23-29(38)28(18-25-10-8-7-9-11-25)37(32(40)20-33(3,4)5)35-31(39)21-34-15-17-43-6/h7-13,19,24,28-29,34,38H,14-18,20-23H2,1-6H3,(H,35,39)/t28-,29+/m0/s1. The molecule has 0 unspecified atom stereocenters. The van der Waals surface area contributed by atoms with Crippen molar-refractivity contribution in [3.8, 4) is 5.75 Å². The SMILES string of the molecule is COCCNCC(=O)NN(C(=O)CC(C)(C)C)[C@@H](Cc1ccccc1)[C@H](O)CN(CC(C)C)S(=O)(=O)c1ccc2c(c1)CCO2. The average Bonchev–Trinajstić information content (AvgIpc) is 3.44. The number of nitrogens with one attached hydrogen (secondary N) is 2. The van der Waals surface area contributed by atoms with Gasteiger partial charge in [0.05, 0.1) is 36.8 Å². The molecule has 1 aliphatic heterocycles. The molecule has 0 saturated carbocycles. The van der Waals surface area contributed by atoms with Crippen molar-refractivity contribution in [1.29, 1.82) is 0 Å². The van der Waals surface area contributed by atoms with Crippen molar-refractivity contribution in [2.24, 2.45) is 11.3 Å². The number of carbonyl (C=O) groups is 2. The molecule has 2 atom stereocenters. The minimum Gasteiger partial charge on any atom is -0.493 e. The van der Waals surface area contributed by atoms with Crippen LogP contribution in [0.1, 0.15) is 52.2 Å². The van der Waals surface area contributed by atoms with E-state index >= 15 is 0 Å². The third-order valence-electron chi connectivity index (χ3n) is 7.29. The first kappa shape index (κ1) is 36.4. The lowest BCUT2D eigenvalue weighted by Crippen LogP contribution is -2.60. The van der Waals surface area contributed by atoms with E-state index in [1.54, 1.807) is 19.2 Å². The van der Waals surface area contributed by atoms with Gasteiger partial charge in [0.25, 0.3) is 5.91 Å². The van der Waals surface area contributed by atoms with Crippen molar-refractivity contribution in [3.63, 3.8) is 0 Å². The van der Waals surface area contributed by atoms with E-state index in [1.807, 2.05) is 65.0 Å². The predicted molar refractivity (Wildman–Crippen MR) is 173 cm³/mol. The van der Waals surface area contributed by atoms with E-state index in [9.17, 15) is 23.1 Å². The zero-order valence-corrected chi connectivity index (χ0v) is 28.2. The van der Waals surface area contributed by atoms with Gasteiger partial charge in [-0.2, -0.15) is 4.31 Å². The minimum absolute atomic E-state index is 0.0474. The second-order valence-electron chi connectivity index (χ2n) is 13.1. The van der Waals surface area contributed by atoms with Gasteiger partial charge < -0.3 is 19.9 Å². The van der Waals surface area contributed by atoms with Gasteiger partial charge in [0, 0.05) is 39.6 Å². The minimum atomic E-state index is -4.03. The number of amides is 2. The Kier molecular flexibility index (Phi) is 13.4. The van der Waals surface area contributed by atoms with E-state index in [1.165, 1.54) is 15.4 Å². The summed E-state index contributed by atoms with van der Waals surface area (Å²) in [5, 5.41) is 16.1. The third kappa shape index (κ3) is 11.1. The summed E-state index contributed by atoms with van der Waals surface area (Å²) in [6, 6.07) is 13.2. The number of aliphatic hydroxyl groups is 1. The number of fused-ring (bicyclic) bond motifs is 1. The molecule has 1 heterocycles. The summed E-state index contributed by atoms with van der Waals surface area (Å²) < 4.78 is 39.9. The maximum atomic E-state index is 14.0. The summed E-state index contributed by atoms with van der Waals surface area (Å²) in [6.07, 6.45) is -0.452. The first-order chi connectivity index (χ1) is 21.2. The molecule has 0 bridgehead atoms. The molecule has 250 valence electrons. The molecule has 0 saturated heterocycles. The number of hydrazine groups is 1. The van der Waals surface area contributed by atoms with Crippen molar-refractivity contribution in [2.45, 2.75) is 70.9 Å². The molecule has 45 heavy (non-hydrogen) atoms. The Morgan fingerprint density at radius 2 is 1.80 bits per heavy atom. The zero-order valence-electron chi connectivity index (χ0n) is 27.4. The monoisotopic (exact) mass is 646 g/mol. The molecule has 11 nitrogen and oxygen atoms in total. The zero-order chi connectivity index (χ0) is 33.2. The van der Waals surface area contributed by atoms with E-state index in [0.29, 0.717) is 31.9 Å². The number of methoxy groups -OCH3 is 1. The van der Waals surface area contributed by atoms with Crippen LogP contribution >= 0.6 is 0 Å². The topological polar surface area (TPSA) is 138 Å². The van der Waals surface area contributed by atoms with Gasteiger partial charge in [0.2, 0.25) is 15.9 Å². The smallest absolute Gasteiger partial charge is 0.252 e. The Hall–Kier alpha value is -3.03. The van der Waals surface area contributed by atoms with Gasteiger partial charge in [-0.15, -0.1) is 0 Å². The van der Waals surface area contributed by atoms with Crippen molar-refractivity contribution in [2.75, 3.05) is 46.5 Å². The largest absolute Gasteiger partial charge is 0.493 e. The van der Waals surface area contributed by atoms with E-state index in [0.717, 1.165) is 11.1 Å². The predicted octanol–water partition coefficient (Wildman–Crippen LogP) is 2.77. The molecule has 0 fully saturated rings. The number of ether oxygens (including phenoxy) is 2. The molecule has 2 aromatic carbocycles.